The molecule has 0 saturated carbocycles. The van der Waals surface area contributed by atoms with E-state index in [-0.39, 0.29) is 30.1 Å². The van der Waals surface area contributed by atoms with Crippen molar-refractivity contribution in [2.45, 2.75) is 60.0 Å². The van der Waals surface area contributed by atoms with E-state index in [0.29, 0.717) is 23.8 Å². The maximum atomic E-state index is 13.1. The highest BCUT2D eigenvalue weighted by Crippen LogP contribution is 2.18. The second-order valence-electron chi connectivity index (χ2n) is 7.55. The lowest BCUT2D eigenvalue weighted by atomic mass is 10.1. The van der Waals surface area contributed by atoms with Crippen LogP contribution in [0.4, 0.5) is 0 Å². The maximum Gasteiger partial charge on any atom is 0.273 e. The molecule has 2 rings (SSSR count). The molecule has 1 heterocycles. The highest BCUT2D eigenvalue weighted by atomic mass is 16.5. The fraction of sp³-hybridized carbons (Fsp3) is 0.500. The van der Waals surface area contributed by atoms with Crippen LogP contribution in [0.3, 0.4) is 0 Å². The molecular weight excluding hydrogens is 354 g/mol. The van der Waals surface area contributed by atoms with Crippen LogP contribution in [0.25, 0.3) is 0 Å². The summed E-state index contributed by atoms with van der Waals surface area (Å²) >= 11 is 0. The van der Waals surface area contributed by atoms with Crippen molar-refractivity contribution in [2.24, 2.45) is 5.92 Å². The first-order valence-electron chi connectivity index (χ1n) is 9.97. The van der Waals surface area contributed by atoms with Gasteiger partial charge in [0.1, 0.15) is 0 Å². The van der Waals surface area contributed by atoms with Gasteiger partial charge < -0.3 is 14.7 Å². The van der Waals surface area contributed by atoms with Crippen molar-refractivity contribution in [3.05, 3.63) is 52.9 Å². The summed E-state index contributed by atoms with van der Waals surface area (Å²) in [4.78, 5) is 27.1. The van der Waals surface area contributed by atoms with E-state index in [4.69, 9.17) is 4.52 Å². The van der Waals surface area contributed by atoms with Crippen molar-refractivity contribution in [1.82, 2.24) is 15.4 Å². The number of nitrogens with one attached hydrogen (secondary N) is 1. The van der Waals surface area contributed by atoms with Crippen LogP contribution < -0.4 is 5.32 Å². The van der Waals surface area contributed by atoms with Crippen molar-refractivity contribution in [2.75, 3.05) is 6.54 Å². The molecule has 0 bridgehead atoms. The average molecular weight is 386 g/mol. The third kappa shape index (κ3) is 5.68. The number of rotatable bonds is 9. The van der Waals surface area contributed by atoms with Gasteiger partial charge in [-0.3, -0.25) is 9.59 Å². The van der Waals surface area contributed by atoms with E-state index in [1.165, 1.54) is 0 Å². The molecule has 0 saturated heterocycles. The fourth-order valence-electron chi connectivity index (χ4n) is 3.01. The minimum absolute atomic E-state index is 0.0455. The van der Waals surface area contributed by atoms with Gasteiger partial charge in [-0.1, -0.05) is 50.5 Å². The third-order valence-electron chi connectivity index (χ3n) is 4.73. The molecule has 6 nitrogen and oxygen atoms in total. The Labute approximate surface area is 167 Å². The smallest absolute Gasteiger partial charge is 0.273 e. The largest absolute Gasteiger partial charge is 0.359 e. The number of benzene rings is 1. The van der Waals surface area contributed by atoms with E-state index in [2.05, 4.69) is 24.3 Å². The first-order chi connectivity index (χ1) is 13.3. The predicted molar refractivity (Wildman–Crippen MR) is 109 cm³/mol. The van der Waals surface area contributed by atoms with Gasteiger partial charge in [0, 0.05) is 24.2 Å². The molecule has 0 spiro atoms. The Morgan fingerprint density at radius 3 is 2.36 bits per heavy atom. The van der Waals surface area contributed by atoms with Crippen molar-refractivity contribution < 1.29 is 14.1 Å². The Balaban J connectivity index is 2.18. The van der Waals surface area contributed by atoms with Gasteiger partial charge in [0.2, 0.25) is 0 Å². The summed E-state index contributed by atoms with van der Waals surface area (Å²) in [7, 11) is 0. The quantitative estimate of drug-likeness (QED) is 0.702. The Bertz CT molecular complexity index is 777. The number of nitrogens with zero attached hydrogens (tertiary/aromatic N) is 2. The van der Waals surface area contributed by atoms with Gasteiger partial charge in [0.25, 0.3) is 11.8 Å². The van der Waals surface area contributed by atoms with Crippen LogP contribution in [0.2, 0.25) is 0 Å². The number of hydrogen-bond acceptors (Lipinski definition) is 4. The van der Waals surface area contributed by atoms with Gasteiger partial charge in [-0.25, -0.2) is 0 Å². The van der Waals surface area contributed by atoms with Crippen LogP contribution in [0.5, 0.6) is 0 Å². The maximum absolute atomic E-state index is 13.1. The summed E-state index contributed by atoms with van der Waals surface area (Å²) in [5.74, 6) is 0.549. The number of aromatic nitrogens is 1. The lowest BCUT2D eigenvalue weighted by molar-refractivity contribution is 0.0627. The molecule has 0 atom stereocenters. The Kier molecular flexibility index (Phi) is 7.79. The molecule has 1 aromatic heterocycles. The lowest BCUT2D eigenvalue weighted by Gasteiger charge is -2.29. The Morgan fingerprint density at radius 2 is 1.79 bits per heavy atom. The highest BCUT2D eigenvalue weighted by molar-refractivity contribution is 5.94. The molecule has 0 aliphatic carbocycles. The number of carbonyl (C=O) groups is 2. The van der Waals surface area contributed by atoms with E-state index in [0.717, 1.165) is 18.4 Å². The number of aryl methyl sites for hydroxylation is 1. The van der Waals surface area contributed by atoms with Crippen molar-refractivity contribution in [3.63, 3.8) is 0 Å². The van der Waals surface area contributed by atoms with Crippen LogP contribution in [0, 0.1) is 12.8 Å². The second kappa shape index (κ2) is 10.1. The van der Waals surface area contributed by atoms with Gasteiger partial charge in [-0.2, -0.15) is 0 Å². The highest BCUT2D eigenvalue weighted by Gasteiger charge is 2.25. The van der Waals surface area contributed by atoms with E-state index >= 15 is 0 Å². The Morgan fingerprint density at radius 1 is 1.14 bits per heavy atom. The molecule has 152 valence electrons. The average Bonchev–Trinajstić information content (AvgIpc) is 3.15. The topological polar surface area (TPSA) is 75.4 Å². The molecule has 0 aliphatic rings. The molecule has 2 amide bonds. The summed E-state index contributed by atoms with van der Waals surface area (Å²) in [6, 6.07) is 9.26. The molecule has 2 aromatic rings. The second-order valence-corrected chi connectivity index (χ2v) is 7.55. The SMILES string of the molecule is CCC(CC)N(Cc1cc(C(=O)NCC(C)C)no1)C(=O)c1ccc(C)cc1. The first-order valence-corrected chi connectivity index (χ1v) is 9.97. The molecule has 6 heteroatoms. The van der Waals surface area contributed by atoms with Crippen molar-refractivity contribution >= 4 is 11.8 Å². The molecule has 1 aromatic carbocycles. The van der Waals surface area contributed by atoms with Gasteiger partial charge in [0.05, 0.1) is 6.54 Å². The van der Waals surface area contributed by atoms with E-state index in [9.17, 15) is 9.59 Å². The molecule has 0 fully saturated rings. The number of hydrogen-bond donors (Lipinski definition) is 1. The zero-order valence-corrected chi connectivity index (χ0v) is 17.5. The molecule has 0 aliphatic heterocycles. The molecule has 1 N–H and O–H groups in total. The summed E-state index contributed by atoms with van der Waals surface area (Å²) in [6.07, 6.45) is 1.67. The Hall–Kier alpha value is -2.63. The monoisotopic (exact) mass is 385 g/mol. The normalized spacial score (nSPS) is 11.1. The molecular formula is C22H31N3O3. The van der Waals surface area contributed by atoms with E-state index < -0.39 is 0 Å². The number of carbonyl (C=O) groups excluding carboxylic acids is 2. The molecule has 0 unspecified atom stereocenters. The van der Waals surface area contributed by atoms with E-state index in [1.807, 2.05) is 45.0 Å². The first kappa shape index (κ1) is 21.7. The fourth-order valence-corrected chi connectivity index (χ4v) is 3.01. The van der Waals surface area contributed by atoms with Crippen LogP contribution in [0.1, 0.15) is 72.7 Å². The van der Waals surface area contributed by atoms with Crippen LogP contribution in [-0.2, 0) is 6.54 Å². The minimum atomic E-state index is -0.261. The molecule has 0 radical (unpaired) electrons. The number of amides is 2. The van der Waals surface area contributed by atoms with Crippen LogP contribution in [-0.4, -0.2) is 34.5 Å². The van der Waals surface area contributed by atoms with Crippen LogP contribution in [0.15, 0.2) is 34.9 Å². The van der Waals surface area contributed by atoms with Gasteiger partial charge in [0.15, 0.2) is 11.5 Å². The van der Waals surface area contributed by atoms with Gasteiger partial charge in [-0.15, -0.1) is 0 Å². The molecule has 28 heavy (non-hydrogen) atoms. The summed E-state index contributed by atoms with van der Waals surface area (Å²) < 4.78 is 5.36. The summed E-state index contributed by atoms with van der Waals surface area (Å²) in [5, 5.41) is 6.70. The third-order valence-corrected chi connectivity index (χ3v) is 4.73. The zero-order chi connectivity index (χ0) is 20.7. The summed E-state index contributed by atoms with van der Waals surface area (Å²) in [6.45, 7) is 11.0. The zero-order valence-electron chi connectivity index (χ0n) is 17.5. The van der Waals surface area contributed by atoms with Crippen molar-refractivity contribution in [3.8, 4) is 0 Å². The summed E-state index contributed by atoms with van der Waals surface area (Å²) in [5.41, 5.74) is 1.99. The lowest BCUT2D eigenvalue weighted by Crippen LogP contribution is -2.39. The van der Waals surface area contributed by atoms with Crippen molar-refractivity contribution in [1.29, 1.82) is 0 Å². The standard InChI is InChI=1S/C22H31N3O3/c1-6-18(7-2)25(22(27)17-10-8-16(5)9-11-17)14-19-12-20(24-28-19)21(26)23-13-15(3)4/h8-12,15,18H,6-7,13-14H2,1-5H3,(H,23,26). The van der Waals surface area contributed by atoms with Gasteiger partial charge in [-0.05, 0) is 37.8 Å². The minimum Gasteiger partial charge on any atom is -0.359 e. The van der Waals surface area contributed by atoms with Gasteiger partial charge >= 0.3 is 0 Å². The van der Waals surface area contributed by atoms with Crippen LogP contribution >= 0.6 is 0 Å². The van der Waals surface area contributed by atoms with E-state index in [1.54, 1.807) is 11.0 Å². The predicted octanol–water partition coefficient (Wildman–Crippen LogP) is 4.20.